The van der Waals surface area contributed by atoms with Crippen LogP contribution in [-0.2, 0) is 0 Å². The van der Waals surface area contributed by atoms with Crippen LogP contribution < -0.4 is 0 Å². The highest BCUT2D eigenvalue weighted by molar-refractivity contribution is 5.99. The smallest absolute Gasteiger partial charge is 0.212 e. The van der Waals surface area contributed by atoms with Crippen LogP contribution in [0, 0.1) is 17.3 Å². The number of aromatic nitrogens is 4. The van der Waals surface area contributed by atoms with Crippen LogP contribution >= 0.6 is 0 Å². The Morgan fingerprint density at radius 1 is 1.41 bits per heavy atom. The first-order chi connectivity index (χ1) is 8.24. The maximum atomic E-state index is 12.7. The molecular formula is C11H10FN5. The van der Waals surface area contributed by atoms with Crippen LogP contribution in [0.25, 0.3) is 5.69 Å². The summed E-state index contributed by atoms with van der Waals surface area (Å²) in [6.45, 7) is 0. The Morgan fingerprint density at radius 2 is 2.24 bits per heavy atom. The first-order valence-electron chi connectivity index (χ1n) is 5.37. The summed E-state index contributed by atoms with van der Waals surface area (Å²) in [5.41, 5.74) is 1.75. The molecule has 17 heavy (non-hydrogen) atoms. The lowest BCUT2D eigenvalue weighted by molar-refractivity contribution is 0.582. The summed E-state index contributed by atoms with van der Waals surface area (Å²) in [7, 11) is 0. The van der Waals surface area contributed by atoms with Gasteiger partial charge in [0.25, 0.3) is 0 Å². The van der Waals surface area contributed by atoms with Crippen LogP contribution in [0.5, 0.6) is 0 Å². The summed E-state index contributed by atoms with van der Waals surface area (Å²) in [6, 6.07) is 2.84. The summed E-state index contributed by atoms with van der Waals surface area (Å²) in [6.07, 6.45) is 5.18. The highest BCUT2D eigenvalue weighted by Crippen LogP contribution is 2.31. The maximum Gasteiger partial charge on any atom is 0.212 e. The van der Waals surface area contributed by atoms with E-state index in [1.807, 2.05) is 0 Å². The third-order valence-electron chi connectivity index (χ3n) is 2.73. The standard InChI is InChI=1S/C11H10FN5/c12-10-4-3-8(5-14-10)17-6-9(15-16-17)11(13)7-1-2-7/h3-7,13H,1-2H2. The van der Waals surface area contributed by atoms with Gasteiger partial charge in [-0.25, -0.2) is 9.67 Å². The molecule has 1 aliphatic carbocycles. The molecule has 0 bridgehead atoms. The van der Waals surface area contributed by atoms with Gasteiger partial charge in [0.05, 0.1) is 23.8 Å². The molecule has 0 unspecified atom stereocenters. The van der Waals surface area contributed by atoms with E-state index in [1.54, 1.807) is 12.3 Å². The quantitative estimate of drug-likeness (QED) is 0.644. The first kappa shape index (κ1) is 10.1. The zero-order valence-electron chi connectivity index (χ0n) is 8.97. The van der Waals surface area contributed by atoms with Crippen LogP contribution in [0.2, 0.25) is 0 Å². The molecule has 1 N–H and O–H groups in total. The van der Waals surface area contributed by atoms with Crippen molar-refractivity contribution in [1.82, 2.24) is 20.0 Å². The molecule has 5 nitrogen and oxygen atoms in total. The molecule has 0 spiro atoms. The van der Waals surface area contributed by atoms with Gasteiger partial charge in [-0.05, 0) is 25.0 Å². The summed E-state index contributed by atoms with van der Waals surface area (Å²) in [4.78, 5) is 3.55. The van der Waals surface area contributed by atoms with Gasteiger partial charge in [0, 0.05) is 5.92 Å². The zero-order valence-corrected chi connectivity index (χ0v) is 8.97. The SMILES string of the molecule is N=C(c1cn(-c2ccc(F)nc2)nn1)C1CC1. The fraction of sp³-hybridized carbons (Fsp3) is 0.273. The zero-order chi connectivity index (χ0) is 11.8. The van der Waals surface area contributed by atoms with Gasteiger partial charge in [-0.15, -0.1) is 5.10 Å². The average Bonchev–Trinajstić information content (AvgIpc) is 3.07. The van der Waals surface area contributed by atoms with Crippen molar-refractivity contribution in [3.63, 3.8) is 0 Å². The minimum Gasteiger partial charge on any atom is -0.303 e. The second-order valence-electron chi connectivity index (χ2n) is 4.08. The maximum absolute atomic E-state index is 12.7. The minimum absolute atomic E-state index is 0.339. The van der Waals surface area contributed by atoms with E-state index in [0.29, 0.717) is 23.0 Å². The highest BCUT2D eigenvalue weighted by Gasteiger charge is 2.28. The van der Waals surface area contributed by atoms with E-state index < -0.39 is 5.95 Å². The Balaban J connectivity index is 1.88. The molecule has 6 heteroatoms. The van der Waals surface area contributed by atoms with Gasteiger partial charge in [0.2, 0.25) is 5.95 Å². The molecule has 86 valence electrons. The molecular weight excluding hydrogens is 221 g/mol. The Hall–Kier alpha value is -2.11. The third-order valence-corrected chi connectivity index (χ3v) is 2.73. The van der Waals surface area contributed by atoms with Crippen molar-refractivity contribution in [3.05, 3.63) is 36.2 Å². The van der Waals surface area contributed by atoms with Crippen molar-refractivity contribution in [2.75, 3.05) is 0 Å². The molecule has 2 heterocycles. The fourth-order valence-electron chi connectivity index (χ4n) is 1.60. The predicted octanol–water partition coefficient (Wildman–Crippen LogP) is 1.58. The van der Waals surface area contributed by atoms with E-state index in [9.17, 15) is 4.39 Å². The van der Waals surface area contributed by atoms with Crippen LogP contribution in [0.4, 0.5) is 4.39 Å². The minimum atomic E-state index is -0.528. The van der Waals surface area contributed by atoms with Gasteiger partial charge < -0.3 is 5.41 Å². The lowest BCUT2D eigenvalue weighted by atomic mass is 10.2. The molecule has 0 aromatic carbocycles. The number of hydrogen-bond donors (Lipinski definition) is 1. The number of nitrogens with zero attached hydrogens (tertiary/aromatic N) is 4. The van der Waals surface area contributed by atoms with Gasteiger partial charge in [0.15, 0.2) is 0 Å². The summed E-state index contributed by atoms with van der Waals surface area (Å²) < 4.78 is 14.2. The van der Waals surface area contributed by atoms with Gasteiger partial charge in [-0.3, -0.25) is 0 Å². The van der Waals surface area contributed by atoms with Crippen LogP contribution in [0.1, 0.15) is 18.5 Å². The van der Waals surface area contributed by atoms with E-state index in [-0.39, 0.29) is 0 Å². The first-order valence-corrected chi connectivity index (χ1v) is 5.37. The van der Waals surface area contributed by atoms with Crippen molar-refractivity contribution in [3.8, 4) is 5.69 Å². The molecule has 0 amide bonds. The summed E-state index contributed by atoms with van der Waals surface area (Å²) in [5.74, 6) is -0.189. The van der Waals surface area contributed by atoms with Crippen molar-refractivity contribution < 1.29 is 4.39 Å². The number of nitrogens with one attached hydrogen (secondary N) is 1. The van der Waals surface area contributed by atoms with Crippen LogP contribution in [-0.4, -0.2) is 25.7 Å². The Bertz CT molecular complexity index is 555. The molecule has 2 aromatic heterocycles. The fourth-order valence-corrected chi connectivity index (χ4v) is 1.60. The second kappa shape index (κ2) is 3.73. The molecule has 3 rings (SSSR count). The highest BCUT2D eigenvalue weighted by atomic mass is 19.1. The third kappa shape index (κ3) is 1.93. The van der Waals surface area contributed by atoms with Crippen LogP contribution in [0.15, 0.2) is 24.5 Å². The Morgan fingerprint density at radius 3 is 2.88 bits per heavy atom. The Labute approximate surface area is 96.8 Å². The monoisotopic (exact) mass is 231 g/mol. The van der Waals surface area contributed by atoms with Gasteiger partial charge in [0.1, 0.15) is 5.69 Å². The molecule has 0 radical (unpaired) electrons. The van der Waals surface area contributed by atoms with Crippen molar-refractivity contribution >= 4 is 5.71 Å². The van der Waals surface area contributed by atoms with Gasteiger partial charge in [-0.2, -0.15) is 4.39 Å². The molecule has 2 aromatic rings. The lowest BCUT2D eigenvalue weighted by Crippen LogP contribution is -2.01. The van der Waals surface area contributed by atoms with E-state index >= 15 is 0 Å². The van der Waals surface area contributed by atoms with Crippen molar-refractivity contribution in [2.24, 2.45) is 5.92 Å². The van der Waals surface area contributed by atoms with Crippen molar-refractivity contribution in [2.45, 2.75) is 12.8 Å². The van der Waals surface area contributed by atoms with Crippen LogP contribution in [0.3, 0.4) is 0 Å². The average molecular weight is 231 g/mol. The molecule has 1 fully saturated rings. The largest absolute Gasteiger partial charge is 0.303 e. The van der Waals surface area contributed by atoms with E-state index in [0.717, 1.165) is 12.8 Å². The van der Waals surface area contributed by atoms with Crippen molar-refractivity contribution in [1.29, 1.82) is 5.41 Å². The van der Waals surface area contributed by atoms with Gasteiger partial charge >= 0.3 is 0 Å². The molecule has 0 aliphatic heterocycles. The molecule has 0 saturated heterocycles. The van der Waals surface area contributed by atoms with E-state index in [1.165, 1.54) is 16.9 Å². The molecule has 1 saturated carbocycles. The Kier molecular flexibility index (Phi) is 2.21. The number of hydrogen-bond acceptors (Lipinski definition) is 4. The van der Waals surface area contributed by atoms with Gasteiger partial charge in [-0.1, -0.05) is 5.21 Å². The normalized spacial score (nSPS) is 14.9. The predicted molar refractivity (Wildman–Crippen MR) is 58.7 cm³/mol. The molecule has 0 atom stereocenters. The summed E-state index contributed by atoms with van der Waals surface area (Å²) in [5, 5.41) is 15.7. The van der Waals surface area contributed by atoms with E-state index in [4.69, 9.17) is 5.41 Å². The lowest BCUT2D eigenvalue weighted by Gasteiger charge is -1.97. The number of rotatable bonds is 3. The number of pyridine rings is 1. The number of halogens is 1. The summed E-state index contributed by atoms with van der Waals surface area (Å²) >= 11 is 0. The second-order valence-corrected chi connectivity index (χ2v) is 4.08. The topological polar surface area (TPSA) is 67.5 Å². The molecule has 1 aliphatic rings. The van der Waals surface area contributed by atoms with E-state index in [2.05, 4.69) is 15.3 Å².